The van der Waals surface area contributed by atoms with Crippen LogP contribution in [0.2, 0.25) is 0 Å². The van der Waals surface area contributed by atoms with Gasteiger partial charge in [-0.15, -0.1) is 0 Å². The number of aromatic amines is 1. The molecule has 0 radical (unpaired) electrons. The van der Waals surface area contributed by atoms with Gasteiger partial charge in [-0.3, -0.25) is 4.79 Å². The van der Waals surface area contributed by atoms with Gasteiger partial charge in [0.05, 0.1) is 37.0 Å². The average Bonchev–Trinajstić information content (AvgIpc) is 3.24. The minimum absolute atomic E-state index is 0.0360. The molecule has 3 aromatic rings. The van der Waals surface area contributed by atoms with E-state index in [1.165, 1.54) is 0 Å². The zero-order valence-electron chi connectivity index (χ0n) is 18.0. The number of rotatable bonds is 7. The van der Waals surface area contributed by atoms with Gasteiger partial charge in [-0.1, -0.05) is 0 Å². The molecule has 1 fully saturated rings. The Morgan fingerprint density at radius 1 is 1.26 bits per heavy atom. The van der Waals surface area contributed by atoms with E-state index in [1.54, 1.807) is 23.2 Å². The number of benzene rings is 1. The highest BCUT2D eigenvalue weighted by molar-refractivity contribution is 5.95. The van der Waals surface area contributed by atoms with E-state index >= 15 is 0 Å². The molecule has 1 saturated heterocycles. The molecular formula is C22H27N5O4. The molecule has 9 heteroatoms. The number of hydrogen-bond donors (Lipinski definition) is 2. The number of nitrogens with zero attached hydrogens (tertiary/aromatic N) is 3. The molecule has 3 heterocycles. The second-order valence-corrected chi connectivity index (χ2v) is 7.43. The van der Waals surface area contributed by atoms with Crippen molar-refractivity contribution in [1.82, 2.24) is 19.9 Å². The lowest BCUT2D eigenvalue weighted by molar-refractivity contribution is 0.0302. The summed E-state index contributed by atoms with van der Waals surface area (Å²) in [6.07, 6.45) is 1.73. The van der Waals surface area contributed by atoms with Crippen LogP contribution in [0.5, 0.6) is 11.6 Å². The SMILES string of the molecule is CCOc1nc(Nc2ccc(C(=O)N3CCOCC3)cc2OC(C)C)nc2[nH]ccc12. The van der Waals surface area contributed by atoms with Gasteiger partial charge in [0, 0.05) is 24.8 Å². The van der Waals surface area contributed by atoms with Gasteiger partial charge in [-0.2, -0.15) is 9.97 Å². The van der Waals surface area contributed by atoms with Crippen LogP contribution in [-0.2, 0) is 4.74 Å². The van der Waals surface area contributed by atoms with Crippen LogP contribution in [0.25, 0.3) is 11.0 Å². The van der Waals surface area contributed by atoms with Crippen LogP contribution < -0.4 is 14.8 Å². The molecule has 1 aliphatic heterocycles. The van der Waals surface area contributed by atoms with Gasteiger partial charge in [0.15, 0.2) is 0 Å². The number of carbonyl (C=O) groups is 1. The fourth-order valence-electron chi connectivity index (χ4n) is 3.40. The van der Waals surface area contributed by atoms with Crippen LogP contribution >= 0.6 is 0 Å². The molecule has 1 amide bonds. The highest BCUT2D eigenvalue weighted by Crippen LogP contribution is 2.31. The van der Waals surface area contributed by atoms with E-state index in [0.29, 0.717) is 67.4 Å². The monoisotopic (exact) mass is 425 g/mol. The van der Waals surface area contributed by atoms with E-state index < -0.39 is 0 Å². The van der Waals surface area contributed by atoms with Crippen molar-refractivity contribution >= 4 is 28.6 Å². The molecule has 1 aromatic carbocycles. The minimum atomic E-state index is -0.0694. The average molecular weight is 425 g/mol. The number of aromatic nitrogens is 3. The van der Waals surface area contributed by atoms with Crippen molar-refractivity contribution in [3.05, 3.63) is 36.0 Å². The van der Waals surface area contributed by atoms with Crippen molar-refractivity contribution in [3.63, 3.8) is 0 Å². The van der Waals surface area contributed by atoms with Crippen LogP contribution in [0.15, 0.2) is 30.5 Å². The van der Waals surface area contributed by atoms with E-state index in [1.807, 2.05) is 32.9 Å². The maximum Gasteiger partial charge on any atom is 0.254 e. The van der Waals surface area contributed by atoms with Gasteiger partial charge in [-0.25, -0.2) is 0 Å². The van der Waals surface area contributed by atoms with Crippen molar-refractivity contribution in [1.29, 1.82) is 0 Å². The molecule has 0 saturated carbocycles. The largest absolute Gasteiger partial charge is 0.489 e. The highest BCUT2D eigenvalue weighted by atomic mass is 16.5. The summed E-state index contributed by atoms with van der Waals surface area (Å²) in [5.74, 6) is 1.40. The molecule has 9 nitrogen and oxygen atoms in total. The van der Waals surface area contributed by atoms with Gasteiger partial charge in [-0.05, 0) is 45.0 Å². The first-order valence-electron chi connectivity index (χ1n) is 10.5. The predicted octanol–water partition coefficient (Wildman–Crippen LogP) is 3.36. The number of hydrogen-bond acceptors (Lipinski definition) is 7. The molecule has 0 unspecified atom stereocenters. The van der Waals surface area contributed by atoms with Crippen molar-refractivity contribution in [3.8, 4) is 11.6 Å². The van der Waals surface area contributed by atoms with Gasteiger partial charge in [0.1, 0.15) is 11.4 Å². The van der Waals surface area contributed by atoms with Gasteiger partial charge < -0.3 is 29.4 Å². The summed E-state index contributed by atoms with van der Waals surface area (Å²) < 4.78 is 17.0. The second kappa shape index (κ2) is 9.22. The smallest absolute Gasteiger partial charge is 0.254 e. The lowest BCUT2D eigenvalue weighted by Gasteiger charge is -2.27. The van der Waals surface area contributed by atoms with Gasteiger partial charge >= 0.3 is 0 Å². The van der Waals surface area contributed by atoms with Gasteiger partial charge in [0.25, 0.3) is 5.91 Å². The molecule has 2 N–H and O–H groups in total. The second-order valence-electron chi connectivity index (χ2n) is 7.43. The Hall–Kier alpha value is -3.33. The third kappa shape index (κ3) is 4.72. The number of carbonyl (C=O) groups excluding carboxylic acids is 1. The number of nitrogens with one attached hydrogen (secondary N) is 2. The number of morpholine rings is 1. The first-order chi connectivity index (χ1) is 15.0. The van der Waals surface area contributed by atoms with Crippen LogP contribution in [0, 0.1) is 0 Å². The zero-order valence-corrected chi connectivity index (χ0v) is 18.0. The topological polar surface area (TPSA) is 102 Å². The first-order valence-corrected chi connectivity index (χ1v) is 10.5. The predicted molar refractivity (Wildman–Crippen MR) is 117 cm³/mol. The molecule has 2 aromatic heterocycles. The maximum atomic E-state index is 12.9. The fraction of sp³-hybridized carbons (Fsp3) is 0.409. The normalized spacial score (nSPS) is 14.1. The molecule has 0 spiro atoms. The molecular weight excluding hydrogens is 398 g/mol. The Morgan fingerprint density at radius 3 is 2.81 bits per heavy atom. The summed E-state index contributed by atoms with van der Waals surface area (Å²) in [6.45, 7) is 8.57. The van der Waals surface area contributed by atoms with Crippen LogP contribution in [0.3, 0.4) is 0 Å². The van der Waals surface area contributed by atoms with E-state index in [0.717, 1.165) is 5.39 Å². The molecule has 0 atom stereocenters. The van der Waals surface area contributed by atoms with Crippen LogP contribution in [0.4, 0.5) is 11.6 Å². The van der Waals surface area contributed by atoms with E-state index in [-0.39, 0.29) is 12.0 Å². The summed E-state index contributed by atoms with van der Waals surface area (Å²) in [5, 5.41) is 4.03. The summed E-state index contributed by atoms with van der Waals surface area (Å²) in [6, 6.07) is 7.23. The summed E-state index contributed by atoms with van der Waals surface area (Å²) in [5.41, 5.74) is 1.91. The number of fused-ring (bicyclic) bond motifs is 1. The molecule has 164 valence electrons. The quantitative estimate of drug-likeness (QED) is 0.598. The van der Waals surface area contributed by atoms with E-state index in [4.69, 9.17) is 14.2 Å². The molecule has 1 aliphatic rings. The van der Waals surface area contributed by atoms with E-state index in [9.17, 15) is 4.79 Å². The van der Waals surface area contributed by atoms with Crippen molar-refractivity contribution in [2.75, 3.05) is 38.2 Å². The number of anilines is 2. The Kier molecular flexibility index (Phi) is 6.22. The Balaban J connectivity index is 1.64. The van der Waals surface area contributed by atoms with Crippen molar-refractivity contribution in [2.24, 2.45) is 0 Å². The maximum absolute atomic E-state index is 12.9. The standard InChI is InChI=1S/C22H27N5O4/c1-4-30-20-16-7-8-23-19(16)25-22(26-20)24-17-6-5-15(13-18(17)31-14(2)3)21(28)27-9-11-29-12-10-27/h5-8,13-14H,4,9-12H2,1-3H3,(H2,23,24,25,26). The summed E-state index contributed by atoms with van der Waals surface area (Å²) >= 11 is 0. The van der Waals surface area contributed by atoms with Crippen LogP contribution in [-0.4, -0.2) is 64.8 Å². The summed E-state index contributed by atoms with van der Waals surface area (Å²) in [4.78, 5) is 26.8. The van der Waals surface area contributed by atoms with Gasteiger partial charge in [0.2, 0.25) is 11.8 Å². The summed E-state index contributed by atoms with van der Waals surface area (Å²) in [7, 11) is 0. The Bertz CT molecular complexity index is 1060. The first kappa shape index (κ1) is 20.9. The molecule has 0 bridgehead atoms. The number of H-pyrrole nitrogens is 1. The van der Waals surface area contributed by atoms with Crippen molar-refractivity contribution < 1.29 is 19.0 Å². The lowest BCUT2D eigenvalue weighted by Crippen LogP contribution is -2.40. The third-order valence-corrected chi connectivity index (χ3v) is 4.80. The van der Waals surface area contributed by atoms with E-state index in [2.05, 4.69) is 20.3 Å². The minimum Gasteiger partial charge on any atom is -0.489 e. The van der Waals surface area contributed by atoms with Crippen LogP contribution in [0.1, 0.15) is 31.1 Å². The number of amides is 1. The molecule has 31 heavy (non-hydrogen) atoms. The fourth-order valence-corrected chi connectivity index (χ4v) is 3.40. The number of ether oxygens (including phenoxy) is 3. The Morgan fingerprint density at radius 2 is 2.06 bits per heavy atom. The zero-order chi connectivity index (χ0) is 21.8. The third-order valence-electron chi connectivity index (χ3n) is 4.80. The Labute approximate surface area is 180 Å². The molecule has 4 rings (SSSR count). The van der Waals surface area contributed by atoms with Crippen molar-refractivity contribution in [2.45, 2.75) is 26.9 Å². The molecule has 0 aliphatic carbocycles. The lowest BCUT2D eigenvalue weighted by atomic mass is 10.1. The highest BCUT2D eigenvalue weighted by Gasteiger charge is 2.21.